The standard InChI is InChI=1S/C7H14O/c1-6(2)4-5-7(3)8/h7-8H,1,4-5H2,2-3H3. The summed E-state index contributed by atoms with van der Waals surface area (Å²) in [6.07, 6.45) is 1.61. The van der Waals surface area contributed by atoms with E-state index in [4.69, 9.17) is 5.11 Å². The van der Waals surface area contributed by atoms with Gasteiger partial charge >= 0.3 is 0 Å². The molecule has 1 heteroatoms. The lowest BCUT2D eigenvalue weighted by Gasteiger charge is -2.00. The Morgan fingerprint density at radius 2 is 2.25 bits per heavy atom. The van der Waals surface area contributed by atoms with Crippen molar-refractivity contribution in [2.24, 2.45) is 0 Å². The van der Waals surface area contributed by atoms with Crippen molar-refractivity contribution in [2.75, 3.05) is 0 Å². The molecule has 8 heavy (non-hydrogen) atoms. The molecule has 1 unspecified atom stereocenters. The SMILES string of the molecule is C=C(C)CCC(C)O. The van der Waals surface area contributed by atoms with E-state index in [9.17, 15) is 0 Å². The molecule has 0 saturated heterocycles. The van der Waals surface area contributed by atoms with Crippen molar-refractivity contribution in [3.8, 4) is 0 Å². The summed E-state index contributed by atoms with van der Waals surface area (Å²) in [7, 11) is 0. The molecule has 0 rings (SSSR count). The van der Waals surface area contributed by atoms with E-state index >= 15 is 0 Å². The lowest BCUT2D eigenvalue weighted by molar-refractivity contribution is 0.185. The van der Waals surface area contributed by atoms with Gasteiger partial charge in [-0.25, -0.2) is 0 Å². The van der Waals surface area contributed by atoms with Crippen LogP contribution >= 0.6 is 0 Å². The lowest BCUT2D eigenvalue weighted by atomic mass is 10.1. The van der Waals surface area contributed by atoms with Crippen LogP contribution in [0.3, 0.4) is 0 Å². The smallest absolute Gasteiger partial charge is 0.0515 e. The molecule has 1 atom stereocenters. The van der Waals surface area contributed by atoms with Gasteiger partial charge in [-0.3, -0.25) is 0 Å². The van der Waals surface area contributed by atoms with Crippen molar-refractivity contribution < 1.29 is 5.11 Å². The lowest BCUT2D eigenvalue weighted by Crippen LogP contribution is -1.98. The Morgan fingerprint density at radius 3 is 2.38 bits per heavy atom. The quantitative estimate of drug-likeness (QED) is 0.554. The maximum Gasteiger partial charge on any atom is 0.0515 e. The van der Waals surface area contributed by atoms with Crippen LogP contribution in [0.2, 0.25) is 0 Å². The molecule has 0 bridgehead atoms. The van der Waals surface area contributed by atoms with Crippen molar-refractivity contribution in [1.29, 1.82) is 0 Å². The van der Waals surface area contributed by atoms with Gasteiger partial charge in [0.1, 0.15) is 0 Å². The zero-order valence-corrected chi connectivity index (χ0v) is 5.65. The van der Waals surface area contributed by atoms with E-state index in [1.54, 1.807) is 6.92 Å². The molecule has 0 saturated carbocycles. The van der Waals surface area contributed by atoms with Crippen LogP contribution in [0, 0.1) is 0 Å². The highest BCUT2D eigenvalue weighted by Gasteiger charge is 1.93. The Hall–Kier alpha value is -0.300. The van der Waals surface area contributed by atoms with E-state index in [1.165, 1.54) is 0 Å². The van der Waals surface area contributed by atoms with E-state index in [0.717, 1.165) is 18.4 Å². The summed E-state index contributed by atoms with van der Waals surface area (Å²) in [5, 5.41) is 8.76. The highest BCUT2D eigenvalue weighted by molar-refractivity contribution is 4.87. The molecule has 48 valence electrons. The van der Waals surface area contributed by atoms with Crippen LogP contribution in [0.15, 0.2) is 12.2 Å². The highest BCUT2D eigenvalue weighted by Crippen LogP contribution is 2.02. The Morgan fingerprint density at radius 1 is 1.75 bits per heavy atom. The van der Waals surface area contributed by atoms with Crippen LogP contribution in [0.25, 0.3) is 0 Å². The van der Waals surface area contributed by atoms with E-state index in [-0.39, 0.29) is 6.10 Å². The molecule has 0 fully saturated rings. The predicted molar refractivity (Wildman–Crippen MR) is 35.7 cm³/mol. The first-order chi connectivity index (χ1) is 3.63. The third kappa shape index (κ3) is 5.70. The molecular formula is C7H14O. The number of rotatable bonds is 3. The summed E-state index contributed by atoms with van der Waals surface area (Å²) in [5.41, 5.74) is 1.14. The maximum absolute atomic E-state index is 8.76. The van der Waals surface area contributed by atoms with E-state index in [2.05, 4.69) is 6.58 Å². The van der Waals surface area contributed by atoms with Gasteiger partial charge < -0.3 is 5.11 Å². The Bertz CT molecular complexity index is 74.5. The van der Waals surface area contributed by atoms with Gasteiger partial charge in [0.05, 0.1) is 6.10 Å². The van der Waals surface area contributed by atoms with E-state index in [0.29, 0.717) is 0 Å². The number of hydrogen-bond acceptors (Lipinski definition) is 1. The minimum atomic E-state index is -0.174. The van der Waals surface area contributed by atoms with Crippen molar-refractivity contribution in [1.82, 2.24) is 0 Å². The van der Waals surface area contributed by atoms with E-state index in [1.807, 2.05) is 6.92 Å². The first-order valence-electron chi connectivity index (χ1n) is 2.95. The second-order valence-electron chi connectivity index (χ2n) is 2.34. The molecule has 0 spiro atoms. The summed E-state index contributed by atoms with van der Waals surface area (Å²) >= 11 is 0. The summed E-state index contributed by atoms with van der Waals surface area (Å²) in [6.45, 7) is 7.49. The zero-order valence-electron chi connectivity index (χ0n) is 5.65. The van der Waals surface area contributed by atoms with Crippen LogP contribution in [0.1, 0.15) is 26.7 Å². The largest absolute Gasteiger partial charge is 0.393 e. The number of aliphatic hydroxyl groups is 1. The normalized spacial score (nSPS) is 13.4. The molecule has 1 nitrogen and oxygen atoms in total. The maximum atomic E-state index is 8.76. The van der Waals surface area contributed by atoms with Crippen molar-refractivity contribution >= 4 is 0 Å². The fourth-order valence-corrected chi connectivity index (χ4v) is 0.455. The molecule has 0 radical (unpaired) electrons. The first kappa shape index (κ1) is 7.70. The second-order valence-corrected chi connectivity index (χ2v) is 2.34. The molecule has 0 aliphatic carbocycles. The topological polar surface area (TPSA) is 20.2 Å². The van der Waals surface area contributed by atoms with Crippen molar-refractivity contribution in [2.45, 2.75) is 32.8 Å². The highest BCUT2D eigenvalue weighted by atomic mass is 16.3. The van der Waals surface area contributed by atoms with Gasteiger partial charge in [-0.15, -0.1) is 6.58 Å². The van der Waals surface area contributed by atoms with Crippen LogP contribution in [-0.2, 0) is 0 Å². The van der Waals surface area contributed by atoms with Crippen molar-refractivity contribution in [3.05, 3.63) is 12.2 Å². The minimum Gasteiger partial charge on any atom is -0.393 e. The van der Waals surface area contributed by atoms with Gasteiger partial charge in [0, 0.05) is 0 Å². The fraction of sp³-hybridized carbons (Fsp3) is 0.714. The van der Waals surface area contributed by atoms with Gasteiger partial charge in [-0.05, 0) is 26.7 Å². The predicted octanol–water partition coefficient (Wildman–Crippen LogP) is 1.72. The second kappa shape index (κ2) is 3.67. The first-order valence-corrected chi connectivity index (χ1v) is 2.95. The van der Waals surface area contributed by atoms with Gasteiger partial charge in [0.15, 0.2) is 0 Å². The molecule has 0 aliphatic heterocycles. The number of allylic oxidation sites excluding steroid dienone is 1. The van der Waals surface area contributed by atoms with Crippen LogP contribution in [0.5, 0.6) is 0 Å². The van der Waals surface area contributed by atoms with Crippen LogP contribution < -0.4 is 0 Å². The third-order valence-electron chi connectivity index (χ3n) is 0.989. The summed E-state index contributed by atoms with van der Waals surface area (Å²) < 4.78 is 0. The van der Waals surface area contributed by atoms with Gasteiger partial charge in [0.2, 0.25) is 0 Å². The Labute approximate surface area is 51.0 Å². The van der Waals surface area contributed by atoms with Crippen LogP contribution in [0.4, 0.5) is 0 Å². The fourth-order valence-electron chi connectivity index (χ4n) is 0.455. The average Bonchev–Trinajstić information content (AvgIpc) is 1.61. The molecular weight excluding hydrogens is 100 g/mol. The van der Waals surface area contributed by atoms with Gasteiger partial charge in [0.25, 0.3) is 0 Å². The molecule has 0 aromatic rings. The van der Waals surface area contributed by atoms with E-state index < -0.39 is 0 Å². The Balaban J connectivity index is 3.05. The summed E-state index contributed by atoms with van der Waals surface area (Å²) in [6, 6.07) is 0. The third-order valence-corrected chi connectivity index (χ3v) is 0.989. The molecule has 0 amide bonds. The number of aliphatic hydroxyl groups excluding tert-OH is 1. The molecule has 0 aliphatic rings. The Kier molecular flexibility index (Phi) is 3.53. The zero-order chi connectivity index (χ0) is 6.57. The van der Waals surface area contributed by atoms with Crippen molar-refractivity contribution in [3.63, 3.8) is 0 Å². The monoisotopic (exact) mass is 114 g/mol. The molecule has 1 N–H and O–H groups in total. The van der Waals surface area contributed by atoms with Gasteiger partial charge in [-0.1, -0.05) is 5.57 Å². The molecule has 0 aromatic carbocycles. The molecule has 0 heterocycles. The summed E-state index contributed by atoms with van der Waals surface area (Å²) in [5.74, 6) is 0. The molecule has 0 aromatic heterocycles. The van der Waals surface area contributed by atoms with Gasteiger partial charge in [-0.2, -0.15) is 0 Å². The summed E-state index contributed by atoms with van der Waals surface area (Å²) in [4.78, 5) is 0. The van der Waals surface area contributed by atoms with Crippen LogP contribution in [-0.4, -0.2) is 11.2 Å². The average molecular weight is 114 g/mol. The minimum absolute atomic E-state index is 0.174. The number of hydrogen-bond donors (Lipinski definition) is 1.